The number of carbonyl (C=O) groups excluding carboxylic acids is 1. The average molecular weight is 380 g/mol. The number of amides is 1. The molecule has 2 aromatic heterocycles. The first-order valence-electron chi connectivity index (χ1n) is 9.25. The molecule has 0 unspecified atom stereocenters. The van der Waals surface area contributed by atoms with Crippen LogP contribution in [0.1, 0.15) is 24.3 Å². The minimum absolute atomic E-state index is 0.0680. The third kappa shape index (κ3) is 5.39. The quantitative estimate of drug-likeness (QED) is 0.567. The number of ether oxygens (including phenoxy) is 1. The lowest BCUT2D eigenvalue weighted by molar-refractivity contribution is -0.130. The van der Waals surface area contributed by atoms with Crippen molar-refractivity contribution in [3.8, 4) is 17.1 Å². The van der Waals surface area contributed by atoms with Gasteiger partial charge in [0.25, 0.3) is 0 Å². The number of hydrogen-bond acceptors (Lipinski definition) is 6. The predicted octanol–water partition coefficient (Wildman–Crippen LogP) is 3.16. The van der Waals surface area contributed by atoms with Gasteiger partial charge in [-0.15, -0.1) is 0 Å². The second-order valence-electron chi connectivity index (χ2n) is 6.51. The first kappa shape index (κ1) is 19.5. The molecule has 0 bridgehead atoms. The van der Waals surface area contributed by atoms with E-state index in [4.69, 9.17) is 9.26 Å². The van der Waals surface area contributed by atoms with Gasteiger partial charge in [0.1, 0.15) is 5.75 Å². The van der Waals surface area contributed by atoms with Gasteiger partial charge < -0.3 is 14.2 Å². The van der Waals surface area contributed by atoms with E-state index in [0.717, 1.165) is 24.2 Å². The summed E-state index contributed by atoms with van der Waals surface area (Å²) in [4.78, 5) is 22.4. The number of benzene rings is 1. The van der Waals surface area contributed by atoms with Crippen LogP contribution in [0.5, 0.6) is 5.75 Å². The summed E-state index contributed by atoms with van der Waals surface area (Å²) < 4.78 is 10.4. The van der Waals surface area contributed by atoms with Gasteiger partial charge in [0.15, 0.2) is 0 Å². The average Bonchev–Trinajstić information content (AvgIpc) is 3.22. The Morgan fingerprint density at radius 3 is 2.57 bits per heavy atom. The van der Waals surface area contributed by atoms with Crippen LogP contribution >= 0.6 is 0 Å². The van der Waals surface area contributed by atoms with Crippen LogP contribution in [0.3, 0.4) is 0 Å². The molecule has 3 aromatic rings. The molecule has 0 spiro atoms. The molecule has 2 heterocycles. The number of carbonyl (C=O) groups is 1. The lowest BCUT2D eigenvalue weighted by atomic mass is 10.1. The fourth-order valence-corrected chi connectivity index (χ4v) is 2.82. The Kier molecular flexibility index (Phi) is 6.73. The van der Waals surface area contributed by atoms with Crippen molar-refractivity contribution in [1.82, 2.24) is 20.0 Å². The fourth-order valence-electron chi connectivity index (χ4n) is 2.82. The van der Waals surface area contributed by atoms with E-state index in [9.17, 15) is 4.79 Å². The van der Waals surface area contributed by atoms with Crippen molar-refractivity contribution < 1.29 is 14.1 Å². The second-order valence-corrected chi connectivity index (χ2v) is 6.51. The molecule has 0 saturated carbocycles. The van der Waals surface area contributed by atoms with E-state index in [-0.39, 0.29) is 5.91 Å². The molecule has 7 nitrogen and oxygen atoms in total. The van der Waals surface area contributed by atoms with Crippen molar-refractivity contribution in [3.63, 3.8) is 0 Å². The number of nitrogens with zero attached hydrogens (tertiary/aromatic N) is 4. The molecule has 0 aliphatic heterocycles. The van der Waals surface area contributed by atoms with Crippen molar-refractivity contribution in [2.45, 2.75) is 25.7 Å². The standard InChI is InChI=1S/C21H24N4O3/c1-25(15-3-4-16-5-7-18(27-2)8-6-16)20(26)10-9-19-23-21(24-28-19)17-11-13-22-14-12-17/h5-8,11-14H,3-4,9-10,15H2,1-2H3. The highest BCUT2D eigenvalue weighted by molar-refractivity contribution is 5.76. The van der Waals surface area contributed by atoms with E-state index < -0.39 is 0 Å². The molecule has 0 atom stereocenters. The second kappa shape index (κ2) is 9.64. The largest absolute Gasteiger partial charge is 0.497 e. The Labute approximate surface area is 164 Å². The molecule has 28 heavy (non-hydrogen) atoms. The highest BCUT2D eigenvalue weighted by Crippen LogP contribution is 2.15. The Bertz CT molecular complexity index is 878. The maximum Gasteiger partial charge on any atom is 0.227 e. The maximum atomic E-state index is 12.3. The lowest BCUT2D eigenvalue weighted by Gasteiger charge is -2.16. The Balaban J connectivity index is 1.41. The van der Waals surface area contributed by atoms with Crippen molar-refractivity contribution in [1.29, 1.82) is 0 Å². The first-order valence-corrected chi connectivity index (χ1v) is 9.25. The number of aryl methyl sites for hydroxylation is 2. The first-order chi connectivity index (χ1) is 13.7. The minimum Gasteiger partial charge on any atom is -0.497 e. The fraction of sp³-hybridized carbons (Fsp3) is 0.333. The Morgan fingerprint density at radius 1 is 1.11 bits per heavy atom. The van der Waals surface area contributed by atoms with E-state index in [1.165, 1.54) is 5.56 Å². The number of rotatable bonds is 9. The predicted molar refractivity (Wildman–Crippen MR) is 105 cm³/mol. The SMILES string of the molecule is COc1ccc(CCCN(C)C(=O)CCc2nc(-c3ccncc3)no2)cc1. The van der Waals surface area contributed by atoms with E-state index in [1.807, 2.05) is 31.3 Å². The van der Waals surface area contributed by atoms with Crippen molar-refractivity contribution in [3.05, 3.63) is 60.2 Å². The summed E-state index contributed by atoms with van der Waals surface area (Å²) in [5.74, 6) is 1.90. The van der Waals surface area contributed by atoms with Gasteiger partial charge in [-0.1, -0.05) is 17.3 Å². The molecule has 0 radical (unpaired) electrons. The topological polar surface area (TPSA) is 81.4 Å². The van der Waals surface area contributed by atoms with Gasteiger partial charge in [-0.3, -0.25) is 9.78 Å². The van der Waals surface area contributed by atoms with Crippen LogP contribution in [0.2, 0.25) is 0 Å². The van der Waals surface area contributed by atoms with Gasteiger partial charge in [-0.2, -0.15) is 4.98 Å². The molecule has 1 aromatic carbocycles. The molecule has 0 saturated heterocycles. The summed E-state index contributed by atoms with van der Waals surface area (Å²) in [5.41, 5.74) is 2.07. The van der Waals surface area contributed by atoms with Crippen molar-refractivity contribution >= 4 is 5.91 Å². The van der Waals surface area contributed by atoms with Gasteiger partial charge >= 0.3 is 0 Å². The zero-order valence-electron chi connectivity index (χ0n) is 16.2. The van der Waals surface area contributed by atoms with Crippen LogP contribution in [-0.4, -0.2) is 46.6 Å². The van der Waals surface area contributed by atoms with Crippen LogP contribution in [0.15, 0.2) is 53.3 Å². The number of methoxy groups -OCH3 is 1. The lowest BCUT2D eigenvalue weighted by Crippen LogP contribution is -2.28. The molecule has 7 heteroatoms. The number of hydrogen-bond donors (Lipinski definition) is 0. The van der Waals surface area contributed by atoms with Gasteiger partial charge in [0.05, 0.1) is 7.11 Å². The van der Waals surface area contributed by atoms with Gasteiger partial charge in [0.2, 0.25) is 17.6 Å². The van der Waals surface area contributed by atoms with Crippen LogP contribution in [0, 0.1) is 0 Å². The normalized spacial score (nSPS) is 10.6. The van der Waals surface area contributed by atoms with E-state index in [0.29, 0.717) is 31.1 Å². The van der Waals surface area contributed by atoms with Gasteiger partial charge in [0, 0.05) is 44.4 Å². The Hall–Kier alpha value is -3.22. The highest BCUT2D eigenvalue weighted by Gasteiger charge is 2.13. The van der Waals surface area contributed by atoms with Crippen LogP contribution in [0.4, 0.5) is 0 Å². The van der Waals surface area contributed by atoms with E-state index in [1.54, 1.807) is 24.4 Å². The van der Waals surface area contributed by atoms with Crippen LogP contribution in [-0.2, 0) is 17.6 Å². The summed E-state index contributed by atoms with van der Waals surface area (Å²) >= 11 is 0. The van der Waals surface area contributed by atoms with Crippen LogP contribution < -0.4 is 4.74 Å². The molecular formula is C21H24N4O3. The molecular weight excluding hydrogens is 356 g/mol. The van der Waals surface area contributed by atoms with E-state index >= 15 is 0 Å². The molecule has 0 aliphatic rings. The minimum atomic E-state index is 0.0680. The molecule has 146 valence electrons. The zero-order chi connectivity index (χ0) is 19.8. The molecule has 0 N–H and O–H groups in total. The number of aromatic nitrogens is 3. The van der Waals surface area contributed by atoms with Gasteiger partial charge in [-0.25, -0.2) is 0 Å². The summed E-state index contributed by atoms with van der Waals surface area (Å²) in [6.07, 6.45) is 5.95. The zero-order valence-corrected chi connectivity index (χ0v) is 16.2. The smallest absolute Gasteiger partial charge is 0.227 e. The molecule has 1 amide bonds. The summed E-state index contributed by atoms with van der Waals surface area (Å²) in [6, 6.07) is 11.6. The van der Waals surface area contributed by atoms with Crippen molar-refractivity contribution in [2.24, 2.45) is 0 Å². The van der Waals surface area contributed by atoms with Gasteiger partial charge in [-0.05, 0) is 42.7 Å². The number of pyridine rings is 1. The third-order valence-corrected chi connectivity index (χ3v) is 4.50. The Morgan fingerprint density at radius 2 is 1.86 bits per heavy atom. The monoisotopic (exact) mass is 380 g/mol. The molecule has 0 fully saturated rings. The summed E-state index contributed by atoms with van der Waals surface area (Å²) in [5, 5.41) is 3.96. The third-order valence-electron chi connectivity index (χ3n) is 4.50. The molecule has 0 aliphatic carbocycles. The highest BCUT2D eigenvalue weighted by atomic mass is 16.5. The maximum absolute atomic E-state index is 12.3. The molecule has 3 rings (SSSR count). The van der Waals surface area contributed by atoms with Crippen LogP contribution in [0.25, 0.3) is 11.4 Å². The van der Waals surface area contributed by atoms with Crippen molar-refractivity contribution in [2.75, 3.05) is 20.7 Å². The van der Waals surface area contributed by atoms with E-state index in [2.05, 4.69) is 27.3 Å². The summed E-state index contributed by atoms with van der Waals surface area (Å²) in [7, 11) is 3.48. The summed E-state index contributed by atoms with van der Waals surface area (Å²) in [6.45, 7) is 0.705.